The van der Waals surface area contributed by atoms with Gasteiger partial charge >= 0.3 is 0 Å². The number of rotatable bonds is 2. The lowest BCUT2D eigenvalue weighted by Crippen LogP contribution is -2.43. The minimum atomic E-state index is -0.739. The average Bonchev–Trinajstić information content (AvgIpc) is 2.28. The van der Waals surface area contributed by atoms with Crippen molar-refractivity contribution in [3.8, 4) is 0 Å². The van der Waals surface area contributed by atoms with E-state index in [0.717, 1.165) is 19.4 Å². The van der Waals surface area contributed by atoms with Crippen molar-refractivity contribution in [1.29, 1.82) is 0 Å². The van der Waals surface area contributed by atoms with E-state index < -0.39 is 11.7 Å². The molecule has 0 saturated carbocycles. The van der Waals surface area contributed by atoms with Gasteiger partial charge in [-0.05, 0) is 25.0 Å². The second-order valence-corrected chi connectivity index (χ2v) is 4.35. The molecule has 1 atom stereocenters. The quantitative estimate of drug-likeness (QED) is 0.801. The lowest BCUT2D eigenvalue weighted by atomic mass is 10.0. The van der Waals surface area contributed by atoms with E-state index in [4.69, 9.17) is 11.5 Å². The van der Waals surface area contributed by atoms with Crippen LogP contribution in [0.2, 0.25) is 0 Å². The SMILES string of the molecule is NC(=O)c1c(F)cccc1N1CCC[C@@H](N)C1. The molecule has 5 heteroatoms. The molecule has 1 saturated heterocycles. The summed E-state index contributed by atoms with van der Waals surface area (Å²) < 4.78 is 13.6. The van der Waals surface area contributed by atoms with Crippen LogP contribution < -0.4 is 16.4 Å². The second-order valence-electron chi connectivity index (χ2n) is 4.35. The molecular weight excluding hydrogens is 221 g/mol. The van der Waals surface area contributed by atoms with Gasteiger partial charge in [0.05, 0.1) is 11.3 Å². The van der Waals surface area contributed by atoms with E-state index in [-0.39, 0.29) is 11.6 Å². The normalized spacial score (nSPS) is 20.4. The number of carbonyl (C=O) groups is 1. The fourth-order valence-electron chi connectivity index (χ4n) is 2.25. The molecule has 1 aliphatic rings. The van der Waals surface area contributed by atoms with Crippen LogP contribution in [0.5, 0.6) is 0 Å². The highest BCUT2D eigenvalue weighted by Gasteiger charge is 2.22. The van der Waals surface area contributed by atoms with Gasteiger partial charge in [0.2, 0.25) is 0 Å². The van der Waals surface area contributed by atoms with Crippen molar-refractivity contribution in [3.63, 3.8) is 0 Å². The Morgan fingerprint density at radius 2 is 2.24 bits per heavy atom. The van der Waals surface area contributed by atoms with Crippen LogP contribution in [0, 0.1) is 5.82 Å². The molecule has 0 aliphatic carbocycles. The Kier molecular flexibility index (Phi) is 3.28. The average molecular weight is 237 g/mol. The van der Waals surface area contributed by atoms with Gasteiger partial charge < -0.3 is 16.4 Å². The van der Waals surface area contributed by atoms with Crippen molar-refractivity contribution in [2.75, 3.05) is 18.0 Å². The number of nitrogens with two attached hydrogens (primary N) is 2. The van der Waals surface area contributed by atoms with Gasteiger partial charge in [0.25, 0.3) is 5.91 Å². The lowest BCUT2D eigenvalue weighted by Gasteiger charge is -2.33. The topological polar surface area (TPSA) is 72.4 Å². The zero-order valence-corrected chi connectivity index (χ0v) is 9.53. The van der Waals surface area contributed by atoms with Crippen molar-refractivity contribution in [1.82, 2.24) is 0 Å². The van der Waals surface area contributed by atoms with E-state index in [1.807, 2.05) is 4.90 Å². The lowest BCUT2D eigenvalue weighted by molar-refractivity contribution is 0.0997. The van der Waals surface area contributed by atoms with E-state index in [2.05, 4.69) is 0 Å². The Hall–Kier alpha value is -1.62. The number of anilines is 1. The van der Waals surface area contributed by atoms with Crippen LogP contribution in [-0.2, 0) is 0 Å². The van der Waals surface area contributed by atoms with Gasteiger partial charge in [0.15, 0.2) is 0 Å². The molecule has 0 aromatic heterocycles. The molecule has 0 spiro atoms. The Bertz CT molecular complexity index is 436. The van der Waals surface area contributed by atoms with Crippen LogP contribution in [0.15, 0.2) is 18.2 Å². The van der Waals surface area contributed by atoms with Crippen molar-refractivity contribution in [2.45, 2.75) is 18.9 Å². The van der Waals surface area contributed by atoms with E-state index in [1.165, 1.54) is 6.07 Å². The third kappa shape index (κ3) is 2.39. The number of primary amides is 1. The van der Waals surface area contributed by atoms with Crippen LogP contribution in [-0.4, -0.2) is 25.0 Å². The summed E-state index contributed by atoms with van der Waals surface area (Å²) in [5, 5.41) is 0. The molecular formula is C12H16FN3O. The first-order valence-electron chi connectivity index (χ1n) is 5.68. The summed E-state index contributed by atoms with van der Waals surface area (Å²) in [5.41, 5.74) is 11.6. The van der Waals surface area contributed by atoms with Crippen molar-refractivity contribution < 1.29 is 9.18 Å². The second kappa shape index (κ2) is 4.71. The summed E-state index contributed by atoms with van der Waals surface area (Å²) in [7, 11) is 0. The van der Waals surface area contributed by atoms with Gasteiger partial charge in [-0.1, -0.05) is 6.07 Å². The summed E-state index contributed by atoms with van der Waals surface area (Å²) in [6.07, 6.45) is 1.90. The van der Waals surface area contributed by atoms with Crippen LogP contribution in [0.3, 0.4) is 0 Å². The molecule has 1 aromatic rings. The van der Waals surface area contributed by atoms with E-state index in [9.17, 15) is 9.18 Å². The number of halogens is 1. The van der Waals surface area contributed by atoms with Crippen LogP contribution in [0.25, 0.3) is 0 Å². The predicted octanol–water partition coefficient (Wildman–Crippen LogP) is 0.852. The number of amides is 1. The number of hydrogen-bond donors (Lipinski definition) is 2. The maximum atomic E-state index is 13.6. The highest BCUT2D eigenvalue weighted by molar-refractivity contribution is 5.99. The van der Waals surface area contributed by atoms with Gasteiger partial charge in [0.1, 0.15) is 5.82 Å². The van der Waals surface area contributed by atoms with Gasteiger partial charge in [0, 0.05) is 19.1 Å². The molecule has 0 radical (unpaired) electrons. The fraction of sp³-hybridized carbons (Fsp3) is 0.417. The Labute approximate surface area is 99.4 Å². The first-order chi connectivity index (χ1) is 8.09. The predicted molar refractivity (Wildman–Crippen MR) is 64.3 cm³/mol. The van der Waals surface area contributed by atoms with E-state index >= 15 is 0 Å². The Balaban J connectivity index is 2.37. The van der Waals surface area contributed by atoms with Crippen LogP contribution >= 0.6 is 0 Å². The summed E-state index contributed by atoms with van der Waals surface area (Å²) >= 11 is 0. The maximum Gasteiger partial charge on any atom is 0.253 e. The maximum absolute atomic E-state index is 13.6. The summed E-state index contributed by atoms with van der Waals surface area (Å²) in [6.45, 7) is 1.40. The summed E-state index contributed by atoms with van der Waals surface area (Å²) in [5.74, 6) is -1.31. The van der Waals surface area contributed by atoms with Gasteiger partial charge in [-0.15, -0.1) is 0 Å². The van der Waals surface area contributed by atoms with Crippen molar-refractivity contribution in [3.05, 3.63) is 29.6 Å². The molecule has 4 nitrogen and oxygen atoms in total. The van der Waals surface area contributed by atoms with E-state index in [1.54, 1.807) is 12.1 Å². The number of hydrogen-bond acceptors (Lipinski definition) is 3. The fourth-order valence-corrected chi connectivity index (χ4v) is 2.25. The zero-order chi connectivity index (χ0) is 12.4. The molecule has 1 aliphatic heterocycles. The molecule has 17 heavy (non-hydrogen) atoms. The minimum Gasteiger partial charge on any atom is -0.369 e. The molecule has 1 heterocycles. The molecule has 1 aromatic carbocycles. The number of benzene rings is 1. The molecule has 1 amide bonds. The Morgan fingerprint density at radius 3 is 2.88 bits per heavy atom. The van der Waals surface area contributed by atoms with Crippen LogP contribution in [0.4, 0.5) is 10.1 Å². The first-order valence-corrected chi connectivity index (χ1v) is 5.68. The number of piperidine rings is 1. The van der Waals surface area contributed by atoms with Gasteiger partial charge in [-0.2, -0.15) is 0 Å². The summed E-state index contributed by atoms with van der Waals surface area (Å²) in [6, 6.07) is 4.60. The third-order valence-electron chi connectivity index (χ3n) is 3.04. The van der Waals surface area contributed by atoms with Gasteiger partial charge in [-0.25, -0.2) is 4.39 Å². The van der Waals surface area contributed by atoms with Crippen molar-refractivity contribution >= 4 is 11.6 Å². The smallest absolute Gasteiger partial charge is 0.253 e. The number of carbonyl (C=O) groups excluding carboxylic acids is 1. The third-order valence-corrected chi connectivity index (χ3v) is 3.04. The largest absolute Gasteiger partial charge is 0.369 e. The monoisotopic (exact) mass is 237 g/mol. The minimum absolute atomic E-state index is 0.0402. The highest BCUT2D eigenvalue weighted by Crippen LogP contribution is 2.25. The molecule has 1 fully saturated rings. The van der Waals surface area contributed by atoms with Gasteiger partial charge in [-0.3, -0.25) is 4.79 Å². The zero-order valence-electron chi connectivity index (χ0n) is 9.53. The first kappa shape index (κ1) is 11.9. The molecule has 92 valence electrons. The Morgan fingerprint density at radius 1 is 1.47 bits per heavy atom. The summed E-state index contributed by atoms with van der Waals surface area (Å²) in [4.78, 5) is 13.2. The molecule has 0 bridgehead atoms. The van der Waals surface area contributed by atoms with Crippen LogP contribution in [0.1, 0.15) is 23.2 Å². The molecule has 2 rings (SSSR count). The standard InChI is InChI=1S/C12H16FN3O/c13-9-4-1-5-10(11(9)12(15)17)16-6-2-3-8(14)7-16/h1,4-5,8H,2-3,6-7,14H2,(H2,15,17)/t8-/m1/s1. The number of nitrogens with zero attached hydrogens (tertiary/aromatic N) is 1. The highest BCUT2D eigenvalue weighted by atomic mass is 19.1. The molecule has 4 N–H and O–H groups in total. The van der Waals surface area contributed by atoms with E-state index in [0.29, 0.717) is 12.2 Å². The van der Waals surface area contributed by atoms with Crippen molar-refractivity contribution in [2.24, 2.45) is 11.5 Å². The molecule has 0 unspecified atom stereocenters.